The van der Waals surface area contributed by atoms with Crippen LogP contribution in [0.1, 0.15) is 31.8 Å². The first-order valence-corrected chi connectivity index (χ1v) is 9.78. The second-order valence-electron chi connectivity index (χ2n) is 7.00. The van der Waals surface area contributed by atoms with Crippen LogP contribution in [-0.2, 0) is 31.4 Å². The number of nitrogens with zero attached hydrogens (tertiary/aromatic N) is 1. The summed E-state index contributed by atoms with van der Waals surface area (Å²) in [5, 5.41) is 7.28. The van der Waals surface area contributed by atoms with Crippen LogP contribution in [0.2, 0.25) is 0 Å². The van der Waals surface area contributed by atoms with Crippen LogP contribution in [0.4, 0.5) is 0 Å². The van der Waals surface area contributed by atoms with Crippen LogP contribution in [0, 0.1) is 6.23 Å². The maximum atomic E-state index is 12.7. The van der Waals surface area contributed by atoms with Crippen molar-refractivity contribution in [2.24, 2.45) is 5.73 Å². The van der Waals surface area contributed by atoms with Crippen LogP contribution in [0.15, 0.2) is 58.7 Å². The zero-order valence-corrected chi connectivity index (χ0v) is 18.9. The fraction of sp³-hybridized carbons (Fsp3) is 0.0833. The molecule has 1 radical (unpaired) electrons. The number of Topliss-reactive ketones (excluding diaryl/α,β-unsaturated/α-hetero) is 2. The summed E-state index contributed by atoms with van der Waals surface area (Å²) in [6.45, 7) is 6.38. The van der Waals surface area contributed by atoms with E-state index in [1.165, 1.54) is 24.3 Å². The summed E-state index contributed by atoms with van der Waals surface area (Å²) in [6.07, 6.45) is 3.34. The Labute approximate surface area is 208 Å². The van der Waals surface area contributed by atoms with Crippen LogP contribution in [-0.4, -0.2) is 41.7 Å². The Morgan fingerprint density at radius 3 is 1.89 bits per heavy atom. The summed E-state index contributed by atoms with van der Waals surface area (Å²) >= 11 is 0. The zero-order chi connectivity index (χ0) is 25.2. The van der Waals surface area contributed by atoms with Gasteiger partial charge in [0.05, 0.1) is 6.54 Å². The van der Waals surface area contributed by atoms with Crippen LogP contribution >= 0.6 is 0 Å². The molecule has 0 unspecified atom stereocenters. The first-order chi connectivity index (χ1) is 16.2. The Bertz CT molecular complexity index is 1380. The number of cyclic esters (lactones) is 1. The van der Waals surface area contributed by atoms with Gasteiger partial charge in [-0.25, -0.2) is 4.79 Å². The van der Waals surface area contributed by atoms with Gasteiger partial charge in [-0.1, -0.05) is 49.6 Å². The molecule has 10 nitrogen and oxygen atoms in total. The van der Waals surface area contributed by atoms with Crippen molar-refractivity contribution in [3.63, 3.8) is 0 Å². The van der Waals surface area contributed by atoms with Crippen molar-refractivity contribution in [2.45, 2.75) is 0 Å². The van der Waals surface area contributed by atoms with Gasteiger partial charge in [-0.05, 0) is 11.6 Å². The summed E-state index contributed by atoms with van der Waals surface area (Å²) in [7, 11) is 0. The molecule has 0 amide bonds. The predicted octanol–water partition coefficient (Wildman–Crippen LogP) is -0.580. The van der Waals surface area contributed by atoms with Gasteiger partial charge in [0, 0.05) is 22.3 Å². The average Bonchev–Trinajstić information content (AvgIpc) is 3.38. The molecule has 1 saturated heterocycles. The third-order valence-corrected chi connectivity index (χ3v) is 5.01. The molecule has 0 aromatic heterocycles. The number of esters is 1. The molecular formula is C24H18CuN2O8+2. The molecule has 0 spiro atoms. The molecule has 11 heteroatoms. The standard InChI is InChI=1S/C22H13NO6.C2H5NO2.Cu/c1-3-11-12(4-2)22(28)18(21(11)27)23-10-17(24)29-16(23)9-15-19(25)13-7-5-6-8-14(13)20(15)26;3-1-2(4)5;/h3-9H,1-2,10H2;1,3H2,(H,4,5);/q;;+2. The van der Waals surface area contributed by atoms with Gasteiger partial charge in [0.25, 0.3) is 6.23 Å². The molecule has 0 atom stereocenters. The third-order valence-electron chi connectivity index (χ3n) is 5.01. The van der Waals surface area contributed by atoms with Crippen LogP contribution in [0.25, 0.3) is 12.2 Å². The first-order valence-electron chi connectivity index (χ1n) is 9.78. The second kappa shape index (κ2) is 10.8. The van der Waals surface area contributed by atoms with E-state index in [1.807, 2.05) is 0 Å². The van der Waals surface area contributed by atoms with E-state index < -0.39 is 40.9 Å². The van der Waals surface area contributed by atoms with E-state index in [-0.39, 0.29) is 63.0 Å². The summed E-state index contributed by atoms with van der Waals surface area (Å²) in [6, 6.07) is 6.31. The van der Waals surface area contributed by atoms with Crippen LogP contribution < -0.4 is 26.5 Å². The molecule has 2 aromatic rings. The van der Waals surface area contributed by atoms with E-state index in [0.29, 0.717) is 0 Å². The molecule has 1 heterocycles. The Morgan fingerprint density at radius 2 is 1.49 bits per heavy atom. The molecule has 2 aromatic carbocycles. The molecular weight excluding hydrogens is 508 g/mol. The predicted molar refractivity (Wildman–Crippen MR) is 121 cm³/mol. The number of nitrogens with two attached hydrogens (primary N) is 1. The van der Waals surface area contributed by atoms with Gasteiger partial charge >= 0.3 is 29.0 Å². The van der Waals surface area contributed by atoms with Gasteiger partial charge in [0.1, 0.15) is 11.6 Å². The van der Waals surface area contributed by atoms with Gasteiger partial charge in [0.15, 0.2) is 0 Å². The number of ether oxygens (including phenoxy) is 1. The third kappa shape index (κ3) is 4.87. The number of fused-ring (bicyclic) bond motifs is 1. The minimum atomic E-state index is -0.968. The van der Waals surface area contributed by atoms with Crippen LogP contribution in [0.3, 0.4) is 0 Å². The molecule has 0 bridgehead atoms. The maximum Gasteiger partial charge on any atom is 2.00 e. The number of carboxylic acid groups (broad SMARTS) is 1. The van der Waals surface area contributed by atoms with Crippen molar-refractivity contribution < 1.29 is 46.1 Å². The number of aliphatic carboxylic acids is 1. The zero-order valence-electron chi connectivity index (χ0n) is 18.0. The number of carbonyl (C=O) groups excluding carboxylic acids is 3. The molecule has 3 N–H and O–H groups in total. The second-order valence-corrected chi connectivity index (χ2v) is 7.00. The number of carboxylic acids is 1. The Balaban J connectivity index is 0.000000656. The van der Waals surface area contributed by atoms with Crippen molar-refractivity contribution in [1.82, 2.24) is 4.58 Å². The van der Waals surface area contributed by atoms with Crippen molar-refractivity contribution in [2.75, 3.05) is 13.1 Å². The Kier molecular flexibility index (Phi) is 8.38. The Hall–Kier alpha value is -4.18. The molecule has 2 aliphatic rings. The molecule has 1 aliphatic heterocycles. The molecule has 4 rings (SSSR count). The van der Waals surface area contributed by atoms with Gasteiger partial charge < -0.3 is 25.2 Å². The van der Waals surface area contributed by atoms with Gasteiger partial charge in [-0.2, -0.15) is 0 Å². The van der Waals surface area contributed by atoms with Crippen molar-refractivity contribution in [3.05, 3.63) is 103 Å². The van der Waals surface area contributed by atoms with Crippen LogP contribution in [0.5, 0.6) is 0 Å². The van der Waals surface area contributed by atoms with Crippen molar-refractivity contribution in [3.8, 4) is 0 Å². The fourth-order valence-electron chi connectivity index (χ4n) is 3.49. The maximum absolute atomic E-state index is 12.7. The topological polar surface area (TPSA) is 161 Å². The summed E-state index contributed by atoms with van der Waals surface area (Å²) in [4.78, 5) is 71.7. The number of ketones is 2. The molecule has 1 aliphatic carbocycles. The first kappa shape index (κ1) is 27.1. The quantitative estimate of drug-likeness (QED) is 0.133. The number of hydrogen-bond acceptors (Lipinski definition) is 8. The fourth-order valence-corrected chi connectivity index (χ4v) is 3.49. The van der Waals surface area contributed by atoms with E-state index >= 15 is 0 Å². The van der Waals surface area contributed by atoms with Gasteiger partial charge in [-0.15, -0.1) is 0 Å². The number of benzene rings is 1. The SMILES string of the molecule is C=Cc1c(C=C)c(=O)c(=[N+]2CC(=O)O[C-]2C=C2C(=O)c3ccccc3C2=O)c1=O.NCC(=O)O.[Cu+2]. The molecule has 35 heavy (non-hydrogen) atoms. The number of rotatable bonds is 4. The Morgan fingerprint density at radius 1 is 1.03 bits per heavy atom. The van der Waals surface area contributed by atoms with Crippen molar-refractivity contribution in [1.29, 1.82) is 0 Å². The average molecular weight is 526 g/mol. The number of carbonyl (C=O) groups is 4. The van der Waals surface area contributed by atoms with Gasteiger partial charge in [0.2, 0.25) is 22.8 Å². The van der Waals surface area contributed by atoms with E-state index in [4.69, 9.17) is 9.84 Å². The smallest absolute Gasteiger partial charge is 0.480 e. The van der Waals surface area contributed by atoms with E-state index in [0.717, 1.165) is 10.7 Å². The largest absolute Gasteiger partial charge is 2.00 e. The minimum Gasteiger partial charge on any atom is -0.480 e. The van der Waals surface area contributed by atoms with E-state index in [1.54, 1.807) is 12.1 Å². The monoisotopic (exact) mass is 525 g/mol. The molecule has 1 fully saturated rings. The van der Waals surface area contributed by atoms with Gasteiger partial charge in [-0.3, -0.25) is 19.0 Å². The van der Waals surface area contributed by atoms with Crippen molar-refractivity contribution >= 4 is 35.7 Å². The van der Waals surface area contributed by atoms with E-state index in [9.17, 15) is 28.8 Å². The molecule has 0 saturated carbocycles. The van der Waals surface area contributed by atoms with E-state index in [2.05, 4.69) is 18.9 Å². The minimum absolute atomic E-state index is 0. The molecule has 181 valence electrons. The summed E-state index contributed by atoms with van der Waals surface area (Å²) < 4.78 is 6.18. The number of hydrogen-bond donors (Lipinski definition) is 2. The summed E-state index contributed by atoms with van der Waals surface area (Å²) in [5.74, 6) is -2.74. The number of allylic oxidation sites excluding steroid dienone is 1. The summed E-state index contributed by atoms with van der Waals surface area (Å²) in [5.41, 5.74) is 3.69. The normalized spacial score (nSPS) is 14.0.